The van der Waals surface area contributed by atoms with Crippen molar-refractivity contribution in [3.8, 4) is 0 Å². The third-order valence-electron chi connectivity index (χ3n) is 4.04. The molecule has 1 aliphatic heterocycles. The average molecular weight is 305 g/mol. The predicted molar refractivity (Wildman–Crippen MR) is 90.1 cm³/mol. The van der Waals surface area contributed by atoms with Crippen LogP contribution in [0.15, 0.2) is 6.07 Å². The van der Waals surface area contributed by atoms with E-state index in [1.54, 1.807) is 11.3 Å². The van der Waals surface area contributed by atoms with Gasteiger partial charge in [-0.25, -0.2) is 4.98 Å². The number of fused-ring (bicyclic) bond motifs is 1. The summed E-state index contributed by atoms with van der Waals surface area (Å²) in [6.45, 7) is 13.0. The second-order valence-electron chi connectivity index (χ2n) is 6.63. The lowest BCUT2D eigenvalue weighted by Crippen LogP contribution is -2.53. The van der Waals surface area contributed by atoms with E-state index >= 15 is 0 Å². The van der Waals surface area contributed by atoms with E-state index in [9.17, 15) is 0 Å². The Morgan fingerprint density at radius 1 is 1.14 bits per heavy atom. The quantitative estimate of drug-likeness (QED) is 0.877. The summed E-state index contributed by atoms with van der Waals surface area (Å²) < 4.78 is 0. The zero-order valence-corrected chi connectivity index (χ0v) is 14.0. The molecule has 114 valence electrons. The highest BCUT2D eigenvalue weighted by molar-refractivity contribution is 7.18. The number of piperazine rings is 1. The maximum Gasteiger partial charge on any atom is 0.223 e. The number of anilines is 2. The van der Waals surface area contributed by atoms with Gasteiger partial charge in [0.1, 0.15) is 10.6 Å². The first-order chi connectivity index (χ1) is 9.84. The van der Waals surface area contributed by atoms with Crippen LogP contribution >= 0.6 is 11.3 Å². The van der Waals surface area contributed by atoms with Gasteiger partial charge in [0.25, 0.3) is 0 Å². The third kappa shape index (κ3) is 2.82. The van der Waals surface area contributed by atoms with Crippen LogP contribution in [0, 0.1) is 6.92 Å². The Morgan fingerprint density at radius 2 is 1.81 bits per heavy atom. The Hall–Kier alpha value is -1.40. The highest BCUT2D eigenvalue weighted by Gasteiger charge is 2.27. The summed E-state index contributed by atoms with van der Waals surface area (Å²) in [4.78, 5) is 16.0. The summed E-state index contributed by atoms with van der Waals surface area (Å²) in [7, 11) is 0. The number of nitrogen functional groups attached to an aromatic ring is 1. The average Bonchev–Trinajstić information content (AvgIpc) is 2.77. The van der Waals surface area contributed by atoms with E-state index < -0.39 is 0 Å². The SMILES string of the molecule is Cc1cc2c(N3CCN(C(C)(C)C)CC3)nc(N)nc2s1. The molecule has 1 saturated heterocycles. The zero-order chi connectivity index (χ0) is 15.2. The van der Waals surface area contributed by atoms with Crippen molar-refractivity contribution >= 4 is 33.3 Å². The standard InChI is InChI=1S/C15H23N5S/c1-10-9-11-12(17-14(16)18-13(11)21-10)19-5-7-20(8-6-19)15(2,3)4/h9H,5-8H2,1-4H3,(H2,16,17,18). The molecule has 2 N–H and O–H groups in total. The molecule has 0 aliphatic carbocycles. The molecule has 3 heterocycles. The van der Waals surface area contributed by atoms with Gasteiger partial charge in [0.15, 0.2) is 0 Å². The molecule has 21 heavy (non-hydrogen) atoms. The van der Waals surface area contributed by atoms with Crippen molar-refractivity contribution < 1.29 is 0 Å². The van der Waals surface area contributed by atoms with Crippen LogP contribution < -0.4 is 10.6 Å². The Labute approximate surface area is 129 Å². The lowest BCUT2D eigenvalue weighted by atomic mass is 10.0. The van der Waals surface area contributed by atoms with E-state index in [4.69, 9.17) is 5.73 Å². The van der Waals surface area contributed by atoms with Gasteiger partial charge in [-0.2, -0.15) is 4.98 Å². The lowest BCUT2D eigenvalue weighted by molar-refractivity contribution is 0.128. The molecule has 0 radical (unpaired) electrons. The number of rotatable bonds is 1. The molecular formula is C15H23N5S. The van der Waals surface area contributed by atoms with Gasteiger partial charge in [-0.1, -0.05) is 0 Å². The highest BCUT2D eigenvalue weighted by Crippen LogP contribution is 2.32. The van der Waals surface area contributed by atoms with Crippen LogP contribution in [0.1, 0.15) is 25.6 Å². The minimum atomic E-state index is 0.227. The summed E-state index contributed by atoms with van der Waals surface area (Å²) in [5.74, 6) is 1.37. The number of nitrogens with two attached hydrogens (primary N) is 1. The Kier molecular flexibility index (Phi) is 3.53. The molecule has 1 aliphatic rings. The molecule has 2 aromatic rings. The molecular weight excluding hydrogens is 282 g/mol. The number of aryl methyl sites for hydroxylation is 1. The van der Waals surface area contributed by atoms with E-state index in [2.05, 4.69) is 53.5 Å². The van der Waals surface area contributed by atoms with Crippen LogP contribution in [0.5, 0.6) is 0 Å². The first-order valence-corrected chi connectivity index (χ1v) is 8.20. The molecule has 0 unspecified atom stereocenters. The van der Waals surface area contributed by atoms with Crippen molar-refractivity contribution in [3.63, 3.8) is 0 Å². The number of hydrogen-bond donors (Lipinski definition) is 1. The van der Waals surface area contributed by atoms with Gasteiger partial charge in [0, 0.05) is 36.6 Å². The second-order valence-corrected chi connectivity index (χ2v) is 7.86. The molecule has 0 atom stereocenters. The van der Waals surface area contributed by atoms with E-state index in [0.717, 1.165) is 42.2 Å². The van der Waals surface area contributed by atoms with E-state index in [0.29, 0.717) is 5.95 Å². The van der Waals surface area contributed by atoms with Crippen LogP contribution in [-0.4, -0.2) is 46.6 Å². The topological polar surface area (TPSA) is 58.3 Å². The fourth-order valence-electron chi connectivity index (χ4n) is 2.87. The summed E-state index contributed by atoms with van der Waals surface area (Å²) in [5.41, 5.74) is 6.11. The summed E-state index contributed by atoms with van der Waals surface area (Å²) in [5, 5.41) is 1.14. The summed E-state index contributed by atoms with van der Waals surface area (Å²) in [6, 6.07) is 2.17. The fraction of sp³-hybridized carbons (Fsp3) is 0.600. The zero-order valence-electron chi connectivity index (χ0n) is 13.2. The van der Waals surface area contributed by atoms with Crippen LogP contribution in [0.3, 0.4) is 0 Å². The van der Waals surface area contributed by atoms with E-state index in [1.165, 1.54) is 4.88 Å². The lowest BCUT2D eigenvalue weighted by Gasteiger charge is -2.42. The highest BCUT2D eigenvalue weighted by atomic mass is 32.1. The van der Waals surface area contributed by atoms with Crippen LogP contribution in [-0.2, 0) is 0 Å². The van der Waals surface area contributed by atoms with E-state index in [1.807, 2.05) is 0 Å². The maximum absolute atomic E-state index is 5.88. The Morgan fingerprint density at radius 3 is 2.43 bits per heavy atom. The second kappa shape index (κ2) is 5.10. The van der Waals surface area contributed by atoms with Gasteiger partial charge in [-0.15, -0.1) is 11.3 Å². The van der Waals surface area contributed by atoms with Crippen molar-refractivity contribution in [1.82, 2.24) is 14.9 Å². The van der Waals surface area contributed by atoms with Gasteiger partial charge in [0.2, 0.25) is 5.95 Å². The van der Waals surface area contributed by atoms with E-state index in [-0.39, 0.29) is 5.54 Å². The minimum absolute atomic E-state index is 0.227. The minimum Gasteiger partial charge on any atom is -0.368 e. The number of aromatic nitrogens is 2. The van der Waals surface area contributed by atoms with Crippen LogP contribution in [0.4, 0.5) is 11.8 Å². The molecule has 1 fully saturated rings. The van der Waals surface area contributed by atoms with Crippen molar-refractivity contribution in [1.29, 1.82) is 0 Å². The van der Waals surface area contributed by atoms with Crippen molar-refractivity contribution in [3.05, 3.63) is 10.9 Å². The first kappa shape index (κ1) is 14.5. The predicted octanol–water partition coefficient (Wildman–Crippen LogP) is 2.50. The van der Waals surface area contributed by atoms with Gasteiger partial charge < -0.3 is 10.6 Å². The Balaban J connectivity index is 1.88. The molecule has 0 saturated carbocycles. The summed E-state index contributed by atoms with van der Waals surface area (Å²) >= 11 is 1.68. The number of nitrogens with zero attached hydrogens (tertiary/aromatic N) is 4. The monoisotopic (exact) mass is 305 g/mol. The van der Waals surface area contributed by atoms with Gasteiger partial charge in [-0.05, 0) is 33.8 Å². The Bertz CT molecular complexity index is 650. The first-order valence-electron chi connectivity index (χ1n) is 7.38. The molecule has 3 rings (SSSR count). The largest absolute Gasteiger partial charge is 0.368 e. The van der Waals surface area contributed by atoms with Gasteiger partial charge >= 0.3 is 0 Å². The molecule has 0 spiro atoms. The maximum atomic E-state index is 5.88. The molecule has 6 heteroatoms. The smallest absolute Gasteiger partial charge is 0.223 e. The molecule has 0 bridgehead atoms. The van der Waals surface area contributed by atoms with Crippen LogP contribution in [0.2, 0.25) is 0 Å². The number of hydrogen-bond acceptors (Lipinski definition) is 6. The van der Waals surface area contributed by atoms with Gasteiger partial charge in [0.05, 0.1) is 5.39 Å². The summed E-state index contributed by atoms with van der Waals surface area (Å²) in [6.07, 6.45) is 0. The fourth-order valence-corrected chi connectivity index (χ4v) is 3.75. The molecule has 0 amide bonds. The van der Waals surface area contributed by atoms with Gasteiger partial charge in [-0.3, -0.25) is 4.90 Å². The molecule has 0 aromatic carbocycles. The number of thiophene rings is 1. The van der Waals surface area contributed by atoms with Crippen LogP contribution in [0.25, 0.3) is 10.2 Å². The molecule has 5 nitrogen and oxygen atoms in total. The third-order valence-corrected chi connectivity index (χ3v) is 4.99. The molecule has 2 aromatic heterocycles. The van der Waals surface area contributed by atoms with Crippen molar-refractivity contribution in [2.75, 3.05) is 36.8 Å². The van der Waals surface area contributed by atoms with Crippen molar-refractivity contribution in [2.24, 2.45) is 0 Å². The van der Waals surface area contributed by atoms with Crippen molar-refractivity contribution in [2.45, 2.75) is 33.2 Å². The normalized spacial score (nSPS) is 17.6.